The Bertz CT molecular complexity index is 1110. The van der Waals surface area contributed by atoms with Crippen molar-refractivity contribution in [1.29, 1.82) is 5.26 Å². The van der Waals surface area contributed by atoms with Crippen LogP contribution >= 0.6 is 0 Å². The number of pyridine rings is 2. The van der Waals surface area contributed by atoms with E-state index in [2.05, 4.69) is 41.5 Å². The molecule has 5 rings (SSSR count). The first-order valence-corrected chi connectivity index (χ1v) is 8.73. The minimum absolute atomic E-state index is 0.412. The molecule has 4 aromatic heterocycles. The first kappa shape index (κ1) is 14.9. The number of aromatic amines is 1. The Labute approximate surface area is 149 Å². The Hall–Kier alpha value is -3.40. The van der Waals surface area contributed by atoms with Gasteiger partial charge in [-0.3, -0.25) is 0 Å². The summed E-state index contributed by atoms with van der Waals surface area (Å²) in [5, 5.41) is 10.0. The van der Waals surface area contributed by atoms with Crippen LogP contribution in [0.15, 0.2) is 43.1 Å². The van der Waals surface area contributed by atoms with Gasteiger partial charge < -0.3 is 14.5 Å². The van der Waals surface area contributed by atoms with Crippen LogP contribution in [-0.2, 0) is 0 Å². The standard InChI is InChI=1S/C19H17N7/c20-9-13-1-2-17(22-10-13)25-7-4-14(5-8-25)26-12-24-16-11-23-19-15(18(16)26)3-6-21-19/h1-3,6,10-12,14H,4-5,7-8H2,(H,21,23). The van der Waals surface area contributed by atoms with Crippen LogP contribution in [0.3, 0.4) is 0 Å². The monoisotopic (exact) mass is 343 g/mol. The summed E-state index contributed by atoms with van der Waals surface area (Å²) < 4.78 is 2.30. The maximum atomic E-state index is 8.91. The van der Waals surface area contributed by atoms with Gasteiger partial charge >= 0.3 is 0 Å². The first-order chi connectivity index (χ1) is 12.8. The molecular formula is C19H17N7. The van der Waals surface area contributed by atoms with Crippen molar-refractivity contribution in [2.75, 3.05) is 18.0 Å². The summed E-state index contributed by atoms with van der Waals surface area (Å²) in [7, 11) is 0. The van der Waals surface area contributed by atoms with E-state index in [0.29, 0.717) is 11.6 Å². The molecule has 1 fully saturated rings. The molecule has 0 bridgehead atoms. The molecule has 7 nitrogen and oxygen atoms in total. The number of anilines is 1. The van der Waals surface area contributed by atoms with Crippen molar-refractivity contribution in [3.63, 3.8) is 0 Å². The number of rotatable bonds is 2. The van der Waals surface area contributed by atoms with E-state index in [0.717, 1.165) is 53.8 Å². The van der Waals surface area contributed by atoms with E-state index in [1.54, 1.807) is 6.20 Å². The van der Waals surface area contributed by atoms with Gasteiger partial charge in [-0.25, -0.2) is 15.0 Å². The van der Waals surface area contributed by atoms with Gasteiger partial charge in [0.05, 0.1) is 23.6 Å². The van der Waals surface area contributed by atoms with Crippen molar-refractivity contribution in [3.05, 3.63) is 48.7 Å². The fraction of sp³-hybridized carbons (Fsp3) is 0.263. The number of hydrogen-bond acceptors (Lipinski definition) is 5. The highest BCUT2D eigenvalue weighted by Crippen LogP contribution is 2.31. The number of nitrogens with zero attached hydrogens (tertiary/aromatic N) is 6. The lowest BCUT2D eigenvalue weighted by Gasteiger charge is -2.33. The van der Waals surface area contributed by atoms with Gasteiger partial charge in [0, 0.05) is 36.9 Å². The summed E-state index contributed by atoms with van der Waals surface area (Å²) in [6.07, 6.45) is 9.40. The second-order valence-corrected chi connectivity index (χ2v) is 6.62. The third-order valence-electron chi connectivity index (χ3n) is 5.18. The molecule has 128 valence electrons. The Morgan fingerprint density at radius 1 is 1.08 bits per heavy atom. The predicted octanol–water partition coefficient (Wildman–Crippen LogP) is 3.02. The highest BCUT2D eigenvalue weighted by molar-refractivity contribution is 6.00. The van der Waals surface area contributed by atoms with Gasteiger partial charge in [0.1, 0.15) is 23.1 Å². The van der Waals surface area contributed by atoms with E-state index in [1.165, 1.54) is 0 Å². The highest BCUT2D eigenvalue weighted by Gasteiger charge is 2.23. The third kappa shape index (κ3) is 2.30. The van der Waals surface area contributed by atoms with E-state index >= 15 is 0 Å². The maximum absolute atomic E-state index is 8.91. The Balaban J connectivity index is 1.41. The molecule has 1 saturated heterocycles. The molecule has 0 aromatic carbocycles. The summed E-state index contributed by atoms with van der Waals surface area (Å²) in [5.74, 6) is 0.940. The lowest BCUT2D eigenvalue weighted by atomic mass is 10.0. The van der Waals surface area contributed by atoms with Crippen LogP contribution < -0.4 is 4.90 Å². The zero-order valence-electron chi connectivity index (χ0n) is 14.1. The van der Waals surface area contributed by atoms with Crippen molar-refractivity contribution >= 4 is 27.9 Å². The summed E-state index contributed by atoms with van der Waals surface area (Å²) in [6, 6.07) is 8.35. The summed E-state index contributed by atoms with van der Waals surface area (Å²) in [5.41, 5.74) is 3.59. The molecule has 4 aromatic rings. The van der Waals surface area contributed by atoms with Gasteiger partial charge in [0.2, 0.25) is 0 Å². The molecule has 0 amide bonds. The van der Waals surface area contributed by atoms with Crippen LogP contribution in [0.5, 0.6) is 0 Å². The lowest BCUT2D eigenvalue weighted by Crippen LogP contribution is -2.35. The first-order valence-electron chi connectivity index (χ1n) is 8.73. The third-order valence-corrected chi connectivity index (χ3v) is 5.18. The molecule has 0 atom stereocenters. The molecule has 0 radical (unpaired) electrons. The number of hydrogen-bond donors (Lipinski definition) is 1. The molecule has 0 aliphatic carbocycles. The fourth-order valence-electron chi connectivity index (χ4n) is 3.82. The molecule has 0 unspecified atom stereocenters. The van der Waals surface area contributed by atoms with Gasteiger partial charge in [-0.2, -0.15) is 5.26 Å². The van der Waals surface area contributed by atoms with Crippen LogP contribution in [0.2, 0.25) is 0 Å². The van der Waals surface area contributed by atoms with Crippen molar-refractivity contribution in [2.45, 2.75) is 18.9 Å². The molecule has 1 aliphatic rings. The number of imidazole rings is 1. The van der Waals surface area contributed by atoms with E-state index in [-0.39, 0.29) is 0 Å². The molecule has 0 spiro atoms. The smallest absolute Gasteiger partial charge is 0.139 e. The Morgan fingerprint density at radius 3 is 2.73 bits per heavy atom. The largest absolute Gasteiger partial charge is 0.356 e. The maximum Gasteiger partial charge on any atom is 0.139 e. The average molecular weight is 343 g/mol. The van der Waals surface area contributed by atoms with Crippen molar-refractivity contribution in [1.82, 2.24) is 24.5 Å². The van der Waals surface area contributed by atoms with E-state index < -0.39 is 0 Å². The number of nitrogens with one attached hydrogen (secondary N) is 1. The quantitative estimate of drug-likeness (QED) is 0.604. The molecule has 7 heteroatoms. The average Bonchev–Trinajstić information content (AvgIpc) is 3.34. The van der Waals surface area contributed by atoms with Crippen molar-refractivity contribution < 1.29 is 0 Å². The second-order valence-electron chi connectivity index (χ2n) is 6.62. The lowest BCUT2D eigenvalue weighted by molar-refractivity contribution is 0.403. The minimum Gasteiger partial charge on any atom is -0.356 e. The topological polar surface area (TPSA) is 86.4 Å². The van der Waals surface area contributed by atoms with E-state index in [1.807, 2.05) is 30.9 Å². The van der Waals surface area contributed by atoms with E-state index in [9.17, 15) is 0 Å². The highest BCUT2D eigenvalue weighted by atomic mass is 15.2. The van der Waals surface area contributed by atoms with Crippen LogP contribution in [0.1, 0.15) is 24.4 Å². The van der Waals surface area contributed by atoms with Crippen LogP contribution in [0.25, 0.3) is 22.1 Å². The van der Waals surface area contributed by atoms with Crippen LogP contribution in [0.4, 0.5) is 5.82 Å². The second kappa shape index (κ2) is 5.85. The number of nitriles is 1. The molecule has 26 heavy (non-hydrogen) atoms. The summed E-state index contributed by atoms with van der Waals surface area (Å²) in [6.45, 7) is 1.87. The minimum atomic E-state index is 0.412. The zero-order chi connectivity index (χ0) is 17.5. The van der Waals surface area contributed by atoms with Gasteiger partial charge in [-0.05, 0) is 31.0 Å². The number of H-pyrrole nitrogens is 1. The van der Waals surface area contributed by atoms with Crippen LogP contribution in [0, 0.1) is 11.3 Å². The molecule has 0 saturated carbocycles. The van der Waals surface area contributed by atoms with Gasteiger partial charge in [-0.1, -0.05) is 0 Å². The Kier molecular flexibility index (Phi) is 3.35. The van der Waals surface area contributed by atoms with Crippen molar-refractivity contribution in [3.8, 4) is 6.07 Å². The number of aromatic nitrogens is 5. The fourth-order valence-corrected chi connectivity index (χ4v) is 3.82. The van der Waals surface area contributed by atoms with Crippen LogP contribution in [-0.4, -0.2) is 37.6 Å². The molecule has 1 N–H and O–H groups in total. The normalized spacial score (nSPS) is 15.6. The SMILES string of the molecule is N#Cc1ccc(N2CCC(n3cnc4cnc5[nH]ccc5c43)CC2)nc1. The van der Waals surface area contributed by atoms with Gasteiger partial charge in [0.15, 0.2) is 0 Å². The number of piperidine rings is 1. The summed E-state index contributed by atoms with van der Waals surface area (Å²) >= 11 is 0. The zero-order valence-corrected chi connectivity index (χ0v) is 14.1. The Morgan fingerprint density at radius 2 is 1.96 bits per heavy atom. The predicted molar refractivity (Wildman–Crippen MR) is 98.8 cm³/mol. The number of fused-ring (bicyclic) bond motifs is 3. The van der Waals surface area contributed by atoms with E-state index in [4.69, 9.17) is 5.26 Å². The summed E-state index contributed by atoms with van der Waals surface area (Å²) in [4.78, 5) is 18.8. The molecule has 5 heterocycles. The van der Waals surface area contributed by atoms with Gasteiger partial charge in [0.25, 0.3) is 0 Å². The van der Waals surface area contributed by atoms with Gasteiger partial charge in [-0.15, -0.1) is 0 Å². The van der Waals surface area contributed by atoms with Crippen molar-refractivity contribution in [2.24, 2.45) is 0 Å². The molecule has 1 aliphatic heterocycles. The molecular weight excluding hydrogens is 326 g/mol.